The number of nitrogens with two attached hydrogens (primary N) is 1. The summed E-state index contributed by atoms with van der Waals surface area (Å²) in [7, 11) is 0. The molecule has 0 spiro atoms. The first-order chi connectivity index (χ1) is 6.27. The zero-order valence-corrected chi connectivity index (χ0v) is 7.85. The van der Waals surface area contributed by atoms with Gasteiger partial charge in [0.15, 0.2) is 0 Å². The van der Waals surface area contributed by atoms with Crippen LogP contribution in [0.25, 0.3) is 0 Å². The molecule has 3 N–H and O–H groups in total. The lowest BCUT2D eigenvalue weighted by Crippen LogP contribution is -2.52. The Morgan fingerprint density at radius 3 is 2.85 bits per heavy atom. The highest BCUT2D eigenvalue weighted by Crippen LogP contribution is 2.19. The Labute approximate surface area is 78.7 Å². The zero-order valence-electron chi connectivity index (χ0n) is 7.85. The summed E-state index contributed by atoms with van der Waals surface area (Å²) in [6.07, 6.45) is 1.76. The van der Waals surface area contributed by atoms with Crippen LogP contribution < -0.4 is 5.73 Å². The molecule has 13 heavy (non-hydrogen) atoms. The van der Waals surface area contributed by atoms with Crippen LogP contribution in [0, 0.1) is 0 Å². The molecule has 0 radical (unpaired) electrons. The molecule has 0 amide bonds. The van der Waals surface area contributed by atoms with Crippen molar-refractivity contribution < 1.29 is 9.84 Å². The summed E-state index contributed by atoms with van der Waals surface area (Å²) in [6, 6.07) is 0.546. The molecule has 0 saturated carbocycles. The minimum absolute atomic E-state index is 0.124. The third-order valence-corrected chi connectivity index (χ3v) is 3.03. The maximum Gasteiger partial charge on any atom is 0.0679 e. The van der Waals surface area contributed by atoms with E-state index in [1.807, 2.05) is 0 Å². The molecule has 2 aliphatic rings. The molecule has 2 saturated heterocycles. The van der Waals surface area contributed by atoms with Gasteiger partial charge < -0.3 is 15.6 Å². The van der Waals surface area contributed by atoms with E-state index in [2.05, 4.69) is 4.90 Å². The van der Waals surface area contributed by atoms with E-state index in [9.17, 15) is 5.11 Å². The maximum atomic E-state index is 9.40. The summed E-state index contributed by atoms with van der Waals surface area (Å²) in [5, 5.41) is 9.40. The summed E-state index contributed by atoms with van der Waals surface area (Å²) >= 11 is 0. The summed E-state index contributed by atoms with van der Waals surface area (Å²) in [5.74, 6) is 0. The fourth-order valence-electron chi connectivity index (χ4n) is 2.27. The third kappa shape index (κ3) is 2.02. The molecule has 2 rings (SSSR count). The lowest BCUT2D eigenvalue weighted by Gasteiger charge is -2.35. The molecule has 4 heteroatoms. The molecule has 0 aromatic heterocycles. The maximum absolute atomic E-state index is 9.40. The van der Waals surface area contributed by atoms with Gasteiger partial charge in [-0.2, -0.15) is 0 Å². The second kappa shape index (κ2) is 3.92. The van der Waals surface area contributed by atoms with Crippen LogP contribution in [0.15, 0.2) is 0 Å². The molecule has 0 aromatic carbocycles. The van der Waals surface area contributed by atoms with E-state index in [-0.39, 0.29) is 12.1 Å². The van der Waals surface area contributed by atoms with Gasteiger partial charge in [-0.3, -0.25) is 4.90 Å². The van der Waals surface area contributed by atoms with Gasteiger partial charge in [-0.1, -0.05) is 0 Å². The monoisotopic (exact) mass is 186 g/mol. The van der Waals surface area contributed by atoms with Gasteiger partial charge in [-0.15, -0.1) is 0 Å². The number of ether oxygens (including phenoxy) is 1. The lowest BCUT2D eigenvalue weighted by molar-refractivity contribution is 0.0216. The van der Waals surface area contributed by atoms with E-state index in [0.29, 0.717) is 12.6 Å². The molecule has 0 aromatic rings. The zero-order chi connectivity index (χ0) is 9.26. The SMILES string of the molecule is N[C@@H]1COCC[C@H]1N1CCC(O)C1. The van der Waals surface area contributed by atoms with Gasteiger partial charge >= 0.3 is 0 Å². The van der Waals surface area contributed by atoms with Gasteiger partial charge in [-0.25, -0.2) is 0 Å². The van der Waals surface area contributed by atoms with Crippen LogP contribution in [-0.2, 0) is 4.74 Å². The predicted octanol–water partition coefficient (Wildman–Crippen LogP) is -0.831. The summed E-state index contributed by atoms with van der Waals surface area (Å²) in [5.41, 5.74) is 5.96. The first-order valence-electron chi connectivity index (χ1n) is 5.03. The van der Waals surface area contributed by atoms with Crippen LogP contribution in [0.4, 0.5) is 0 Å². The van der Waals surface area contributed by atoms with Crippen LogP contribution in [0.1, 0.15) is 12.8 Å². The number of rotatable bonds is 1. The third-order valence-electron chi connectivity index (χ3n) is 3.03. The van der Waals surface area contributed by atoms with Gasteiger partial charge in [0.2, 0.25) is 0 Å². The van der Waals surface area contributed by atoms with Crippen molar-refractivity contribution in [2.75, 3.05) is 26.3 Å². The number of likely N-dealkylation sites (tertiary alicyclic amines) is 1. The second-order valence-corrected chi connectivity index (χ2v) is 4.03. The standard InChI is InChI=1S/C9H18N2O2/c10-8-6-13-4-2-9(8)11-3-1-7(12)5-11/h7-9,12H,1-6,10H2/t7?,8-,9-/m1/s1. The second-order valence-electron chi connectivity index (χ2n) is 4.03. The van der Waals surface area contributed by atoms with Crippen molar-refractivity contribution in [2.45, 2.75) is 31.0 Å². The predicted molar refractivity (Wildman–Crippen MR) is 49.4 cm³/mol. The largest absolute Gasteiger partial charge is 0.392 e. The molecule has 3 atom stereocenters. The van der Waals surface area contributed by atoms with E-state index in [1.165, 1.54) is 0 Å². The molecule has 2 aliphatic heterocycles. The number of nitrogens with zero attached hydrogens (tertiary/aromatic N) is 1. The molecule has 0 aliphatic carbocycles. The van der Waals surface area contributed by atoms with Crippen molar-refractivity contribution in [3.05, 3.63) is 0 Å². The minimum Gasteiger partial charge on any atom is -0.392 e. The fraction of sp³-hybridized carbons (Fsp3) is 1.00. The van der Waals surface area contributed by atoms with Crippen molar-refractivity contribution in [1.82, 2.24) is 4.90 Å². The number of hydrogen-bond acceptors (Lipinski definition) is 4. The Balaban J connectivity index is 1.91. The normalized spacial score (nSPS) is 42.5. The number of aliphatic hydroxyl groups excluding tert-OH is 1. The summed E-state index contributed by atoms with van der Waals surface area (Å²) in [6.45, 7) is 3.25. The Bertz CT molecular complexity index is 177. The minimum atomic E-state index is -0.143. The highest BCUT2D eigenvalue weighted by atomic mass is 16.5. The van der Waals surface area contributed by atoms with E-state index < -0.39 is 0 Å². The van der Waals surface area contributed by atoms with Crippen molar-refractivity contribution in [2.24, 2.45) is 5.73 Å². The van der Waals surface area contributed by atoms with Crippen LogP contribution in [0.3, 0.4) is 0 Å². The van der Waals surface area contributed by atoms with Crippen molar-refractivity contribution in [3.8, 4) is 0 Å². The molecule has 1 unspecified atom stereocenters. The topological polar surface area (TPSA) is 58.7 Å². The Morgan fingerprint density at radius 2 is 2.23 bits per heavy atom. The molecule has 76 valence electrons. The first kappa shape index (κ1) is 9.40. The van der Waals surface area contributed by atoms with Crippen molar-refractivity contribution in [3.63, 3.8) is 0 Å². The van der Waals surface area contributed by atoms with Gasteiger partial charge in [0.05, 0.1) is 12.7 Å². The van der Waals surface area contributed by atoms with E-state index in [1.54, 1.807) is 0 Å². The molecular formula is C9H18N2O2. The fourth-order valence-corrected chi connectivity index (χ4v) is 2.27. The van der Waals surface area contributed by atoms with Crippen LogP contribution in [0.2, 0.25) is 0 Å². The Morgan fingerprint density at radius 1 is 1.38 bits per heavy atom. The first-order valence-corrected chi connectivity index (χ1v) is 5.03. The summed E-state index contributed by atoms with van der Waals surface area (Å²) in [4.78, 5) is 2.30. The Kier molecular flexibility index (Phi) is 2.83. The Hall–Kier alpha value is -0.160. The average Bonchev–Trinajstić information content (AvgIpc) is 2.53. The molecule has 4 nitrogen and oxygen atoms in total. The number of β-amino-alcohol motifs (C(OH)–C–C–N with tert-alkyl or cyclic N) is 1. The van der Waals surface area contributed by atoms with E-state index in [4.69, 9.17) is 10.5 Å². The highest BCUT2D eigenvalue weighted by molar-refractivity contribution is 4.89. The lowest BCUT2D eigenvalue weighted by atomic mass is 10.0. The van der Waals surface area contributed by atoms with Gasteiger partial charge in [0, 0.05) is 31.8 Å². The highest BCUT2D eigenvalue weighted by Gasteiger charge is 2.32. The van der Waals surface area contributed by atoms with Crippen LogP contribution in [-0.4, -0.2) is 54.5 Å². The molecule has 2 fully saturated rings. The molecule has 2 heterocycles. The van der Waals surface area contributed by atoms with Crippen LogP contribution >= 0.6 is 0 Å². The summed E-state index contributed by atoms with van der Waals surface area (Å²) < 4.78 is 5.28. The van der Waals surface area contributed by atoms with Crippen molar-refractivity contribution in [1.29, 1.82) is 0 Å². The molecular weight excluding hydrogens is 168 g/mol. The van der Waals surface area contributed by atoms with Crippen molar-refractivity contribution >= 4 is 0 Å². The quantitative estimate of drug-likeness (QED) is 0.561. The van der Waals surface area contributed by atoms with Gasteiger partial charge in [0.25, 0.3) is 0 Å². The number of aliphatic hydroxyl groups is 1. The van der Waals surface area contributed by atoms with E-state index in [0.717, 1.165) is 32.5 Å². The smallest absolute Gasteiger partial charge is 0.0679 e. The molecule has 0 bridgehead atoms. The number of hydrogen-bond donors (Lipinski definition) is 2. The van der Waals surface area contributed by atoms with Crippen LogP contribution in [0.5, 0.6) is 0 Å². The van der Waals surface area contributed by atoms with E-state index >= 15 is 0 Å². The average molecular weight is 186 g/mol. The van der Waals surface area contributed by atoms with Gasteiger partial charge in [-0.05, 0) is 12.8 Å². The van der Waals surface area contributed by atoms with Gasteiger partial charge in [0.1, 0.15) is 0 Å².